The molecule has 0 aliphatic carbocycles. The summed E-state index contributed by atoms with van der Waals surface area (Å²) in [6, 6.07) is 13.6. The van der Waals surface area contributed by atoms with E-state index in [1.54, 1.807) is 30.3 Å². The lowest BCUT2D eigenvalue weighted by atomic mass is 10.1. The average Bonchev–Trinajstić information content (AvgIpc) is 3.15. The number of aromatic amines is 1. The van der Waals surface area contributed by atoms with Crippen LogP contribution < -0.4 is 10.2 Å². The highest BCUT2D eigenvalue weighted by Crippen LogP contribution is 2.26. The molecule has 3 rings (SSSR count). The molecule has 0 radical (unpaired) electrons. The summed E-state index contributed by atoms with van der Waals surface area (Å²) in [4.78, 5) is 12.2. The number of aromatic nitrogens is 2. The molecule has 138 valence electrons. The van der Waals surface area contributed by atoms with Crippen molar-refractivity contribution in [1.29, 1.82) is 0 Å². The standard InChI is InChI=1S/C19H17ClN4O3/c1-2-27-18-9-12(3-8-17(18)25)11-21-24-19(26)16-10-15(22-23-16)13-4-6-14(20)7-5-13/h3-11,25H,2H2,1H3,(H,22,23)(H,24,26)/b21-11-. The van der Waals surface area contributed by atoms with Gasteiger partial charge in [-0.15, -0.1) is 0 Å². The summed E-state index contributed by atoms with van der Waals surface area (Å²) in [6.07, 6.45) is 1.45. The van der Waals surface area contributed by atoms with Gasteiger partial charge in [0, 0.05) is 10.6 Å². The number of amides is 1. The van der Waals surface area contributed by atoms with Crippen LogP contribution in [0.4, 0.5) is 0 Å². The number of phenolic OH excluding ortho intramolecular Hbond substituents is 1. The molecule has 3 N–H and O–H groups in total. The Morgan fingerprint density at radius 2 is 2.07 bits per heavy atom. The van der Waals surface area contributed by atoms with Gasteiger partial charge in [-0.1, -0.05) is 23.7 Å². The SMILES string of the molecule is CCOc1cc(/C=N\NC(=O)c2cc(-c3ccc(Cl)cc3)n[nH]2)ccc1O. The molecule has 7 nitrogen and oxygen atoms in total. The van der Waals surface area contributed by atoms with Crippen molar-refractivity contribution in [2.24, 2.45) is 5.10 Å². The van der Waals surface area contributed by atoms with Crippen LogP contribution in [0, 0.1) is 0 Å². The van der Waals surface area contributed by atoms with Crippen molar-refractivity contribution in [1.82, 2.24) is 15.6 Å². The number of rotatable bonds is 6. The minimum Gasteiger partial charge on any atom is -0.504 e. The van der Waals surface area contributed by atoms with Crippen molar-refractivity contribution in [3.8, 4) is 22.8 Å². The summed E-state index contributed by atoms with van der Waals surface area (Å²) in [5.41, 5.74) is 4.83. The third-order valence-electron chi connectivity index (χ3n) is 3.63. The summed E-state index contributed by atoms with van der Waals surface area (Å²) in [7, 11) is 0. The molecule has 8 heteroatoms. The highest BCUT2D eigenvalue weighted by atomic mass is 35.5. The molecule has 27 heavy (non-hydrogen) atoms. The van der Waals surface area contributed by atoms with Crippen molar-refractivity contribution in [2.45, 2.75) is 6.92 Å². The first-order valence-corrected chi connectivity index (χ1v) is 8.55. The Balaban J connectivity index is 1.65. The fourth-order valence-electron chi connectivity index (χ4n) is 2.31. The third kappa shape index (κ3) is 4.65. The molecule has 0 saturated carbocycles. The molecular weight excluding hydrogens is 368 g/mol. The number of phenols is 1. The summed E-state index contributed by atoms with van der Waals surface area (Å²) in [6.45, 7) is 2.25. The van der Waals surface area contributed by atoms with Crippen LogP contribution in [0.25, 0.3) is 11.3 Å². The van der Waals surface area contributed by atoms with Crippen molar-refractivity contribution in [3.63, 3.8) is 0 Å². The maximum atomic E-state index is 12.2. The van der Waals surface area contributed by atoms with Gasteiger partial charge in [-0.2, -0.15) is 10.2 Å². The van der Waals surface area contributed by atoms with Crippen LogP contribution >= 0.6 is 11.6 Å². The number of carbonyl (C=O) groups is 1. The molecular formula is C19H17ClN4O3. The van der Waals surface area contributed by atoms with E-state index in [0.717, 1.165) is 5.56 Å². The maximum absolute atomic E-state index is 12.2. The highest BCUT2D eigenvalue weighted by Gasteiger charge is 2.10. The van der Waals surface area contributed by atoms with Gasteiger partial charge in [-0.25, -0.2) is 5.43 Å². The van der Waals surface area contributed by atoms with Gasteiger partial charge in [-0.05, 0) is 48.9 Å². The van der Waals surface area contributed by atoms with Crippen molar-refractivity contribution < 1.29 is 14.6 Å². The molecule has 0 atom stereocenters. The minimum absolute atomic E-state index is 0.0465. The zero-order valence-corrected chi connectivity index (χ0v) is 15.2. The van der Waals surface area contributed by atoms with Gasteiger partial charge in [0.2, 0.25) is 0 Å². The van der Waals surface area contributed by atoms with Gasteiger partial charge in [0.1, 0.15) is 5.69 Å². The molecule has 1 heterocycles. The fraction of sp³-hybridized carbons (Fsp3) is 0.105. The Morgan fingerprint density at radius 3 is 2.81 bits per heavy atom. The van der Waals surface area contributed by atoms with Gasteiger partial charge in [-0.3, -0.25) is 9.89 Å². The fourth-order valence-corrected chi connectivity index (χ4v) is 2.44. The van der Waals surface area contributed by atoms with E-state index in [9.17, 15) is 9.90 Å². The molecule has 0 aliphatic heterocycles. The van der Waals surface area contributed by atoms with E-state index in [2.05, 4.69) is 20.7 Å². The second kappa shape index (κ2) is 8.37. The number of hydrogen-bond donors (Lipinski definition) is 3. The number of hydrazone groups is 1. The van der Waals surface area contributed by atoms with E-state index in [1.165, 1.54) is 12.3 Å². The zero-order valence-electron chi connectivity index (χ0n) is 14.4. The Hall–Kier alpha value is -3.32. The van der Waals surface area contributed by atoms with Crippen LogP contribution in [0.1, 0.15) is 23.0 Å². The number of hydrogen-bond acceptors (Lipinski definition) is 5. The molecule has 3 aromatic rings. The number of benzene rings is 2. The predicted octanol–water partition coefficient (Wildman–Crippen LogP) is 3.60. The third-order valence-corrected chi connectivity index (χ3v) is 3.88. The van der Waals surface area contributed by atoms with E-state index in [1.807, 2.05) is 19.1 Å². The number of H-pyrrole nitrogens is 1. The summed E-state index contributed by atoms with van der Waals surface area (Å²) in [5.74, 6) is -0.0260. The van der Waals surface area contributed by atoms with Crippen LogP contribution in [0.3, 0.4) is 0 Å². The van der Waals surface area contributed by atoms with Gasteiger partial charge >= 0.3 is 0 Å². The largest absolute Gasteiger partial charge is 0.504 e. The Morgan fingerprint density at radius 1 is 1.30 bits per heavy atom. The van der Waals surface area contributed by atoms with E-state index in [0.29, 0.717) is 28.6 Å². The second-order valence-electron chi connectivity index (χ2n) is 5.53. The number of nitrogens with zero attached hydrogens (tertiary/aromatic N) is 2. The lowest BCUT2D eigenvalue weighted by Gasteiger charge is -2.05. The number of carbonyl (C=O) groups excluding carboxylic acids is 1. The maximum Gasteiger partial charge on any atom is 0.289 e. The van der Waals surface area contributed by atoms with Crippen molar-refractivity contribution in [3.05, 3.63) is 64.8 Å². The van der Waals surface area contributed by atoms with Crippen LogP contribution in [0.5, 0.6) is 11.5 Å². The lowest BCUT2D eigenvalue weighted by Crippen LogP contribution is -2.18. The second-order valence-corrected chi connectivity index (χ2v) is 5.97. The van der Waals surface area contributed by atoms with Crippen molar-refractivity contribution in [2.75, 3.05) is 6.61 Å². The molecule has 1 amide bonds. The summed E-state index contributed by atoms with van der Waals surface area (Å²) in [5, 5.41) is 21.0. The van der Waals surface area contributed by atoms with Crippen LogP contribution in [0.15, 0.2) is 53.6 Å². The predicted molar refractivity (Wildman–Crippen MR) is 103 cm³/mol. The molecule has 2 aromatic carbocycles. The van der Waals surface area contributed by atoms with Gasteiger partial charge in [0.05, 0.1) is 18.5 Å². The van der Waals surface area contributed by atoms with E-state index in [4.69, 9.17) is 16.3 Å². The smallest absolute Gasteiger partial charge is 0.289 e. The number of halogens is 1. The van der Waals surface area contributed by atoms with Crippen LogP contribution in [0.2, 0.25) is 5.02 Å². The van der Waals surface area contributed by atoms with E-state index in [-0.39, 0.29) is 11.4 Å². The zero-order chi connectivity index (χ0) is 19.2. The highest BCUT2D eigenvalue weighted by molar-refractivity contribution is 6.30. The Bertz CT molecular complexity index is 967. The first-order chi connectivity index (χ1) is 13.1. The van der Waals surface area contributed by atoms with E-state index < -0.39 is 5.91 Å². The number of aromatic hydroxyl groups is 1. The molecule has 0 saturated heterocycles. The first-order valence-electron chi connectivity index (χ1n) is 8.17. The molecule has 0 fully saturated rings. The summed E-state index contributed by atoms with van der Waals surface area (Å²) >= 11 is 5.87. The van der Waals surface area contributed by atoms with Gasteiger partial charge < -0.3 is 9.84 Å². The van der Waals surface area contributed by atoms with Crippen LogP contribution in [-0.2, 0) is 0 Å². The monoisotopic (exact) mass is 384 g/mol. The molecule has 0 bridgehead atoms. The van der Waals surface area contributed by atoms with Gasteiger partial charge in [0.15, 0.2) is 11.5 Å². The lowest BCUT2D eigenvalue weighted by molar-refractivity contribution is 0.0950. The number of ether oxygens (including phenoxy) is 1. The normalized spacial score (nSPS) is 10.9. The van der Waals surface area contributed by atoms with Crippen LogP contribution in [-0.4, -0.2) is 34.0 Å². The Labute approximate surface area is 160 Å². The van der Waals surface area contributed by atoms with E-state index >= 15 is 0 Å². The topological polar surface area (TPSA) is 99.6 Å². The Kier molecular flexibility index (Phi) is 5.73. The minimum atomic E-state index is -0.428. The number of nitrogens with one attached hydrogen (secondary N) is 2. The first kappa shape index (κ1) is 18.5. The average molecular weight is 385 g/mol. The molecule has 0 spiro atoms. The van der Waals surface area contributed by atoms with Crippen molar-refractivity contribution >= 4 is 23.7 Å². The summed E-state index contributed by atoms with van der Waals surface area (Å²) < 4.78 is 5.31. The molecule has 0 unspecified atom stereocenters. The quantitative estimate of drug-likeness (QED) is 0.446. The molecule has 0 aliphatic rings. The molecule has 1 aromatic heterocycles. The van der Waals surface area contributed by atoms with Gasteiger partial charge in [0.25, 0.3) is 5.91 Å².